The number of hydrogen-bond acceptors (Lipinski definition) is 5. The Morgan fingerprint density at radius 2 is 1.50 bits per heavy atom. The van der Waals surface area contributed by atoms with Crippen molar-refractivity contribution in [3.63, 3.8) is 0 Å². The summed E-state index contributed by atoms with van der Waals surface area (Å²) in [7, 11) is -3.20. The molecule has 0 amide bonds. The molecule has 0 radical (unpaired) electrons. The Labute approximate surface area is 194 Å². The third-order valence-electron chi connectivity index (χ3n) is 6.25. The van der Waals surface area contributed by atoms with Crippen LogP contribution >= 0.6 is 11.6 Å². The lowest BCUT2D eigenvalue weighted by molar-refractivity contribution is -0.0527. The quantitative estimate of drug-likeness (QED) is 0.563. The van der Waals surface area contributed by atoms with Crippen LogP contribution in [0.15, 0.2) is 47.4 Å². The molecule has 174 valence electrons. The Bertz CT molecular complexity index is 1010. The van der Waals surface area contributed by atoms with E-state index in [-0.39, 0.29) is 24.1 Å². The molecule has 4 rings (SSSR count). The van der Waals surface area contributed by atoms with Crippen molar-refractivity contribution in [3.8, 4) is 5.75 Å². The molecule has 0 atom stereocenters. The lowest BCUT2D eigenvalue weighted by Crippen LogP contribution is -2.40. The van der Waals surface area contributed by atoms with Gasteiger partial charge in [0.25, 0.3) is 0 Å². The van der Waals surface area contributed by atoms with Gasteiger partial charge in [0.1, 0.15) is 11.6 Å². The van der Waals surface area contributed by atoms with E-state index in [0.29, 0.717) is 21.4 Å². The molecule has 1 heterocycles. The number of piperidine rings is 1. The monoisotopic (exact) mass is 481 g/mol. The zero-order chi connectivity index (χ0) is 22.7. The summed E-state index contributed by atoms with van der Waals surface area (Å²) in [5.41, 5.74) is 0.607. The predicted molar refractivity (Wildman–Crippen MR) is 124 cm³/mol. The van der Waals surface area contributed by atoms with E-state index in [4.69, 9.17) is 21.1 Å². The first-order valence-electron chi connectivity index (χ1n) is 11.1. The highest BCUT2D eigenvalue weighted by Gasteiger charge is 2.28. The van der Waals surface area contributed by atoms with Gasteiger partial charge < -0.3 is 14.4 Å². The third-order valence-corrected chi connectivity index (χ3v) is 7.62. The fraction of sp³-hybridized carbons (Fsp3) is 0.500. The van der Waals surface area contributed by atoms with Crippen molar-refractivity contribution in [1.29, 1.82) is 0 Å². The van der Waals surface area contributed by atoms with Crippen LogP contribution in [0, 0.1) is 5.82 Å². The summed E-state index contributed by atoms with van der Waals surface area (Å²) in [5.74, 6) is 0.421. The van der Waals surface area contributed by atoms with Gasteiger partial charge in [-0.2, -0.15) is 0 Å². The van der Waals surface area contributed by atoms with Crippen LogP contribution in [0.1, 0.15) is 38.5 Å². The number of halogens is 2. The highest BCUT2D eigenvalue weighted by atomic mass is 35.5. The van der Waals surface area contributed by atoms with Crippen LogP contribution in [0.4, 0.5) is 10.1 Å². The van der Waals surface area contributed by atoms with Crippen LogP contribution in [0.3, 0.4) is 0 Å². The molecule has 1 aliphatic heterocycles. The molecule has 5 nitrogen and oxygen atoms in total. The summed E-state index contributed by atoms with van der Waals surface area (Å²) in [6.07, 6.45) is 7.21. The van der Waals surface area contributed by atoms with Crippen molar-refractivity contribution in [1.82, 2.24) is 0 Å². The third kappa shape index (κ3) is 5.94. The van der Waals surface area contributed by atoms with Gasteiger partial charge in [-0.1, -0.05) is 11.6 Å². The lowest BCUT2D eigenvalue weighted by Gasteiger charge is -2.37. The fourth-order valence-corrected chi connectivity index (χ4v) is 5.28. The Morgan fingerprint density at radius 3 is 2.09 bits per heavy atom. The number of hydrogen-bond donors (Lipinski definition) is 0. The predicted octanol–water partition coefficient (Wildman–Crippen LogP) is 5.26. The Kier molecular flexibility index (Phi) is 7.27. The smallest absolute Gasteiger partial charge is 0.175 e. The first-order valence-corrected chi connectivity index (χ1v) is 13.4. The van der Waals surface area contributed by atoms with E-state index >= 15 is 0 Å². The van der Waals surface area contributed by atoms with Crippen LogP contribution in [0.25, 0.3) is 0 Å². The summed E-state index contributed by atoms with van der Waals surface area (Å²) in [6, 6.07) is 11.4. The van der Waals surface area contributed by atoms with E-state index < -0.39 is 9.84 Å². The van der Waals surface area contributed by atoms with Crippen molar-refractivity contribution < 1.29 is 22.3 Å². The highest BCUT2D eigenvalue weighted by molar-refractivity contribution is 7.90. The van der Waals surface area contributed by atoms with Gasteiger partial charge in [0.15, 0.2) is 9.84 Å². The molecule has 32 heavy (non-hydrogen) atoms. The molecule has 2 aromatic carbocycles. The van der Waals surface area contributed by atoms with Crippen molar-refractivity contribution in [2.45, 2.75) is 61.7 Å². The van der Waals surface area contributed by atoms with Crippen molar-refractivity contribution in [3.05, 3.63) is 53.3 Å². The standard InChI is InChI=1S/C24H29ClFNO4S/c1-32(28,29)22-9-7-20(8-10-22)30-18-3-5-19(6-4-18)31-21-12-14-27(15-13-21)24-11-2-17(25)16-23(24)26/h2,7-11,16,18-19,21H,3-6,12-15H2,1H3. The van der Waals surface area contributed by atoms with E-state index in [2.05, 4.69) is 4.90 Å². The zero-order valence-corrected chi connectivity index (χ0v) is 19.7. The number of rotatable bonds is 6. The summed E-state index contributed by atoms with van der Waals surface area (Å²) in [6.45, 7) is 1.54. The van der Waals surface area contributed by atoms with Gasteiger partial charge in [0.05, 0.1) is 28.9 Å². The van der Waals surface area contributed by atoms with E-state index in [0.717, 1.165) is 51.6 Å². The molecule has 1 saturated heterocycles. The second kappa shape index (κ2) is 9.98. The second-order valence-electron chi connectivity index (χ2n) is 8.68. The SMILES string of the molecule is CS(=O)(=O)c1ccc(OC2CCC(OC3CCN(c4ccc(Cl)cc4F)CC3)CC2)cc1. The normalized spacial score (nSPS) is 22.7. The first-order chi connectivity index (χ1) is 15.3. The Hall–Kier alpha value is -1.83. The van der Waals surface area contributed by atoms with Crippen molar-refractivity contribution in [2.24, 2.45) is 0 Å². The van der Waals surface area contributed by atoms with E-state index in [1.165, 1.54) is 12.3 Å². The summed E-state index contributed by atoms with van der Waals surface area (Å²) >= 11 is 5.86. The molecule has 2 aliphatic rings. The minimum absolute atomic E-state index is 0.119. The van der Waals surface area contributed by atoms with Gasteiger partial charge in [-0.05, 0) is 81.0 Å². The van der Waals surface area contributed by atoms with Crippen LogP contribution in [0.2, 0.25) is 5.02 Å². The van der Waals surface area contributed by atoms with Crippen LogP contribution in [0.5, 0.6) is 5.75 Å². The minimum Gasteiger partial charge on any atom is -0.490 e. The minimum atomic E-state index is -3.20. The van der Waals surface area contributed by atoms with Gasteiger partial charge >= 0.3 is 0 Å². The maximum Gasteiger partial charge on any atom is 0.175 e. The van der Waals surface area contributed by atoms with Crippen molar-refractivity contribution in [2.75, 3.05) is 24.2 Å². The molecule has 0 unspecified atom stereocenters. The van der Waals surface area contributed by atoms with Crippen LogP contribution < -0.4 is 9.64 Å². The van der Waals surface area contributed by atoms with Gasteiger partial charge in [-0.15, -0.1) is 0 Å². The number of anilines is 1. The molecule has 0 N–H and O–H groups in total. The molecule has 0 bridgehead atoms. The topological polar surface area (TPSA) is 55.8 Å². The van der Waals surface area contributed by atoms with Crippen LogP contribution in [-0.2, 0) is 14.6 Å². The highest BCUT2D eigenvalue weighted by Crippen LogP contribution is 2.30. The number of sulfone groups is 1. The fourth-order valence-electron chi connectivity index (χ4n) is 4.49. The molecule has 1 saturated carbocycles. The van der Waals surface area contributed by atoms with E-state index in [1.807, 2.05) is 0 Å². The number of nitrogens with zero attached hydrogens (tertiary/aromatic N) is 1. The molecule has 1 aliphatic carbocycles. The van der Waals surface area contributed by atoms with Crippen molar-refractivity contribution >= 4 is 27.1 Å². The Morgan fingerprint density at radius 1 is 0.906 bits per heavy atom. The summed E-state index contributed by atoms with van der Waals surface area (Å²) < 4.78 is 49.7. The molecular weight excluding hydrogens is 453 g/mol. The molecular formula is C24H29ClFNO4S. The van der Waals surface area contributed by atoms with Gasteiger partial charge in [-0.3, -0.25) is 0 Å². The maximum atomic E-state index is 14.2. The van der Waals surface area contributed by atoms with E-state index in [1.54, 1.807) is 36.4 Å². The first kappa shape index (κ1) is 23.3. The average Bonchev–Trinajstić information content (AvgIpc) is 2.76. The Balaban J connectivity index is 1.20. The molecule has 0 aromatic heterocycles. The van der Waals surface area contributed by atoms with Gasteiger partial charge in [0, 0.05) is 24.4 Å². The summed E-state index contributed by atoms with van der Waals surface area (Å²) in [4.78, 5) is 2.36. The van der Waals surface area contributed by atoms with Crippen LogP contribution in [-0.4, -0.2) is 46.1 Å². The van der Waals surface area contributed by atoms with Gasteiger partial charge in [0.2, 0.25) is 0 Å². The number of ether oxygens (including phenoxy) is 2. The molecule has 2 fully saturated rings. The average molecular weight is 482 g/mol. The lowest BCUT2D eigenvalue weighted by atomic mass is 9.94. The van der Waals surface area contributed by atoms with Gasteiger partial charge in [-0.25, -0.2) is 12.8 Å². The van der Waals surface area contributed by atoms with E-state index in [9.17, 15) is 12.8 Å². The molecule has 2 aromatic rings. The molecule has 0 spiro atoms. The summed E-state index contributed by atoms with van der Waals surface area (Å²) in [5, 5.41) is 0.412. The largest absolute Gasteiger partial charge is 0.490 e. The molecule has 8 heteroatoms. The zero-order valence-electron chi connectivity index (χ0n) is 18.2. The number of benzene rings is 2. The second-order valence-corrected chi connectivity index (χ2v) is 11.1. The maximum absolute atomic E-state index is 14.2.